The summed E-state index contributed by atoms with van der Waals surface area (Å²) in [6, 6.07) is 9.72. The van der Waals surface area contributed by atoms with Crippen LogP contribution in [0.3, 0.4) is 0 Å². The third kappa shape index (κ3) is 2.22. The normalized spacial score (nSPS) is 10.2. The Labute approximate surface area is 130 Å². The van der Waals surface area contributed by atoms with Gasteiger partial charge in [-0.1, -0.05) is 0 Å². The number of halogens is 3. The van der Waals surface area contributed by atoms with E-state index in [0.717, 1.165) is 20.5 Å². The van der Waals surface area contributed by atoms with Crippen molar-refractivity contribution in [1.29, 1.82) is 5.26 Å². The molecule has 2 aromatic rings. The Bertz CT molecular complexity index is 626. The van der Waals surface area contributed by atoms with Crippen LogP contribution < -0.4 is 4.74 Å². The molecular weight excluding hydrogens is 428 g/mol. The summed E-state index contributed by atoms with van der Waals surface area (Å²) in [5.41, 5.74) is 1.48. The van der Waals surface area contributed by atoms with Gasteiger partial charge in [0.1, 0.15) is 26.6 Å². The molecule has 1 heterocycles. The minimum atomic E-state index is 0.553. The molecule has 0 aliphatic carbocycles. The van der Waals surface area contributed by atoms with Gasteiger partial charge in [0.25, 0.3) is 0 Å². The van der Waals surface area contributed by atoms with E-state index in [-0.39, 0.29) is 0 Å². The van der Waals surface area contributed by atoms with Gasteiger partial charge in [0.15, 0.2) is 0 Å². The number of benzene rings is 1. The van der Waals surface area contributed by atoms with Crippen molar-refractivity contribution in [3.8, 4) is 17.5 Å². The Morgan fingerprint density at radius 3 is 2.17 bits per heavy atom. The Morgan fingerprint density at radius 2 is 1.72 bits per heavy atom. The van der Waals surface area contributed by atoms with E-state index >= 15 is 0 Å². The fourth-order valence-electron chi connectivity index (χ4n) is 1.54. The van der Waals surface area contributed by atoms with Crippen LogP contribution in [0.2, 0.25) is 0 Å². The molecule has 0 spiro atoms. The van der Waals surface area contributed by atoms with Crippen LogP contribution in [0.25, 0.3) is 5.69 Å². The summed E-state index contributed by atoms with van der Waals surface area (Å²) in [5, 5.41) is 9.10. The lowest BCUT2D eigenvalue weighted by molar-refractivity contribution is 0.414. The first-order valence-electron chi connectivity index (χ1n) is 4.90. The van der Waals surface area contributed by atoms with Crippen LogP contribution in [0, 0.1) is 11.3 Å². The summed E-state index contributed by atoms with van der Waals surface area (Å²) in [6.07, 6.45) is 0. The highest BCUT2D eigenvalue weighted by molar-refractivity contribution is 9.13. The molecule has 0 atom stereocenters. The first kappa shape index (κ1) is 13.7. The number of aromatic nitrogens is 1. The third-order valence-electron chi connectivity index (χ3n) is 2.44. The molecule has 0 saturated carbocycles. The molecule has 0 unspecified atom stereocenters. The van der Waals surface area contributed by atoms with Crippen LogP contribution in [0.5, 0.6) is 5.75 Å². The van der Waals surface area contributed by atoms with Crippen molar-refractivity contribution in [2.45, 2.75) is 0 Å². The molecule has 0 aliphatic rings. The highest BCUT2D eigenvalue weighted by Gasteiger charge is 2.18. The smallest absolute Gasteiger partial charge is 0.119 e. The maximum atomic E-state index is 9.10. The largest absolute Gasteiger partial charge is 0.497 e. The van der Waals surface area contributed by atoms with Crippen molar-refractivity contribution < 1.29 is 4.74 Å². The molecule has 1 aromatic heterocycles. The minimum Gasteiger partial charge on any atom is -0.497 e. The van der Waals surface area contributed by atoms with Crippen molar-refractivity contribution in [1.82, 2.24) is 4.57 Å². The molecule has 0 saturated heterocycles. The predicted octanol–water partition coefficient (Wildman–Crippen LogP) is 4.65. The zero-order valence-corrected chi connectivity index (χ0v) is 14.0. The zero-order valence-electron chi connectivity index (χ0n) is 9.25. The van der Waals surface area contributed by atoms with Gasteiger partial charge in [0.2, 0.25) is 0 Å². The van der Waals surface area contributed by atoms with Gasteiger partial charge in [0.05, 0.1) is 11.6 Å². The number of hydrogen-bond donors (Lipinski definition) is 0. The average Bonchev–Trinajstić information content (AvgIpc) is 2.60. The van der Waals surface area contributed by atoms with E-state index in [0.29, 0.717) is 10.2 Å². The maximum absolute atomic E-state index is 9.10. The molecule has 2 rings (SSSR count). The Balaban J connectivity index is 2.61. The van der Waals surface area contributed by atoms with Crippen LogP contribution >= 0.6 is 47.8 Å². The van der Waals surface area contributed by atoms with Crippen molar-refractivity contribution in [2.75, 3.05) is 7.11 Å². The second kappa shape index (κ2) is 5.47. The van der Waals surface area contributed by atoms with E-state index in [9.17, 15) is 0 Å². The molecule has 0 amide bonds. The Kier molecular flexibility index (Phi) is 4.15. The molecule has 0 aliphatic heterocycles. The van der Waals surface area contributed by atoms with Gasteiger partial charge in [-0.3, -0.25) is 4.57 Å². The van der Waals surface area contributed by atoms with E-state index in [1.807, 2.05) is 28.8 Å². The van der Waals surface area contributed by atoms with Crippen LogP contribution in [0.4, 0.5) is 0 Å². The third-order valence-corrected chi connectivity index (χ3v) is 5.25. The molecule has 0 fully saturated rings. The molecule has 1 aromatic carbocycles. The number of ether oxygens (including phenoxy) is 1. The van der Waals surface area contributed by atoms with Crippen LogP contribution in [-0.4, -0.2) is 11.7 Å². The van der Waals surface area contributed by atoms with E-state index < -0.39 is 0 Å². The van der Waals surface area contributed by atoms with Crippen LogP contribution in [0.15, 0.2) is 37.9 Å². The number of nitriles is 1. The lowest BCUT2D eigenvalue weighted by Crippen LogP contribution is -1.94. The summed E-state index contributed by atoms with van der Waals surface area (Å²) in [6.45, 7) is 0. The van der Waals surface area contributed by atoms with E-state index in [1.165, 1.54) is 0 Å². The van der Waals surface area contributed by atoms with Crippen molar-refractivity contribution in [2.24, 2.45) is 0 Å². The summed E-state index contributed by atoms with van der Waals surface area (Å²) < 4.78 is 9.23. The molecule has 0 radical (unpaired) electrons. The molecule has 6 heteroatoms. The first-order chi connectivity index (χ1) is 8.60. The number of methoxy groups -OCH3 is 1. The minimum absolute atomic E-state index is 0.553. The van der Waals surface area contributed by atoms with E-state index in [2.05, 4.69) is 53.9 Å². The maximum Gasteiger partial charge on any atom is 0.119 e. The standard InChI is InChI=1S/C12H7Br3N2O/c1-18-8-4-2-7(3-5-8)17-11(14)9(6-16)10(13)12(17)15/h2-5H,1H3. The zero-order chi connectivity index (χ0) is 13.3. The first-order valence-corrected chi connectivity index (χ1v) is 7.27. The predicted molar refractivity (Wildman–Crippen MR) is 80.1 cm³/mol. The Morgan fingerprint density at radius 1 is 1.11 bits per heavy atom. The van der Waals surface area contributed by atoms with Gasteiger partial charge in [-0.25, -0.2) is 0 Å². The van der Waals surface area contributed by atoms with Crippen LogP contribution in [0.1, 0.15) is 5.56 Å². The quantitative estimate of drug-likeness (QED) is 0.690. The second-order valence-electron chi connectivity index (χ2n) is 3.42. The molecular formula is C12H7Br3N2O. The lowest BCUT2D eigenvalue weighted by atomic mass is 10.3. The van der Waals surface area contributed by atoms with Gasteiger partial charge in [-0.15, -0.1) is 0 Å². The highest BCUT2D eigenvalue weighted by atomic mass is 79.9. The summed E-state index contributed by atoms with van der Waals surface area (Å²) >= 11 is 10.3. The van der Waals surface area contributed by atoms with Crippen molar-refractivity contribution in [3.05, 3.63) is 43.5 Å². The van der Waals surface area contributed by atoms with Gasteiger partial charge < -0.3 is 4.74 Å². The van der Waals surface area contributed by atoms with Gasteiger partial charge in [-0.2, -0.15) is 5.26 Å². The lowest BCUT2D eigenvalue weighted by Gasteiger charge is -2.08. The molecule has 0 N–H and O–H groups in total. The molecule has 0 bridgehead atoms. The number of hydrogen-bond acceptors (Lipinski definition) is 2. The van der Waals surface area contributed by atoms with Crippen molar-refractivity contribution in [3.63, 3.8) is 0 Å². The molecule has 18 heavy (non-hydrogen) atoms. The topological polar surface area (TPSA) is 38.0 Å². The fourth-order valence-corrected chi connectivity index (χ4v) is 3.75. The summed E-state index contributed by atoms with van der Waals surface area (Å²) in [4.78, 5) is 0. The van der Waals surface area contributed by atoms with Gasteiger partial charge >= 0.3 is 0 Å². The van der Waals surface area contributed by atoms with Crippen molar-refractivity contribution >= 4 is 47.8 Å². The van der Waals surface area contributed by atoms with E-state index in [4.69, 9.17) is 10.00 Å². The Hall–Kier alpha value is -0.770. The fraction of sp³-hybridized carbons (Fsp3) is 0.0833. The summed E-state index contributed by atoms with van der Waals surface area (Å²) in [5.74, 6) is 0.790. The molecule has 92 valence electrons. The van der Waals surface area contributed by atoms with Gasteiger partial charge in [0, 0.05) is 5.69 Å². The number of rotatable bonds is 2. The monoisotopic (exact) mass is 432 g/mol. The SMILES string of the molecule is COc1ccc(-n2c(Br)c(Br)c(C#N)c2Br)cc1. The van der Waals surface area contributed by atoms with Crippen LogP contribution in [-0.2, 0) is 0 Å². The average molecular weight is 435 g/mol. The molecule has 3 nitrogen and oxygen atoms in total. The second-order valence-corrected chi connectivity index (χ2v) is 5.71. The van der Waals surface area contributed by atoms with E-state index in [1.54, 1.807) is 7.11 Å². The summed E-state index contributed by atoms with van der Waals surface area (Å²) in [7, 11) is 1.63. The number of nitrogens with zero attached hydrogens (tertiary/aromatic N) is 2. The highest BCUT2D eigenvalue weighted by Crippen LogP contribution is 2.37. The van der Waals surface area contributed by atoms with Gasteiger partial charge in [-0.05, 0) is 72.1 Å².